The highest BCUT2D eigenvalue weighted by Gasteiger charge is 2.14. The number of hydrogen-bond acceptors (Lipinski definition) is 5. The van der Waals surface area contributed by atoms with Crippen LogP contribution in [0.5, 0.6) is 5.75 Å². The van der Waals surface area contributed by atoms with E-state index in [0.29, 0.717) is 23.4 Å². The number of methoxy groups -OCH3 is 2. The Morgan fingerprint density at radius 2 is 1.52 bits per heavy atom. The molecule has 2 aromatic rings. The summed E-state index contributed by atoms with van der Waals surface area (Å²) in [5.41, 5.74) is 2.45. The first-order valence-corrected chi connectivity index (χ1v) is 8.31. The molecule has 0 saturated heterocycles. The van der Waals surface area contributed by atoms with Gasteiger partial charge in [0.05, 0.1) is 14.2 Å². The van der Waals surface area contributed by atoms with Crippen molar-refractivity contribution in [3.63, 3.8) is 0 Å². The molecule has 0 fully saturated rings. The number of hydrogen-bond donors (Lipinski definition) is 2. The van der Waals surface area contributed by atoms with Crippen molar-refractivity contribution in [3.8, 4) is 5.75 Å². The van der Waals surface area contributed by atoms with Gasteiger partial charge in [-0.25, -0.2) is 4.79 Å². The van der Waals surface area contributed by atoms with Gasteiger partial charge in [0.2, 0.25) is 5.91 Å². The van der Waals surface area contributed by atoms with Gasteiger partial charge in [0.15, 0.2) is 0 Å². The van der Waals surface area contributed by atoms with Gasteiger partial charge in [-0.2, -0.15) is 0 Å². The van der Waals surface area contributed by atoms with Crippen LogP contribution in [0.15, 0.2) is 42.5 Å². The normalized spacial score (nSPS) is 10.0. The molecule has 0 heterocycles. The molecule has 2 aromatic carbocycles. The quantitative estimate of drug-likeness (QED) is 0.728. The molecule has 7 nitrogen and oxygen atoms in total. The van der Waals surface area contributed by atoms with Crippen LogP contribution >= 0.6 is 0 Å². The predicted octanol–water partition coefficient (Wildman–Crippen LogP) is 2.05. The topological polar surface area (TPSA) is 93.7 Å². The Bertz CT molecular complexity index is 831. The largest absolute Gasteiger partial charge is 0.496 e. The van der Waals surface area contributed by atoms with E-state index < -0.39 is 5.97 Å². The molecule has 0 saturated carbocycles. The molecule has 2 rings (SSSR count). The molecule has 0 aromatic heterocycles. The maximum absolute atomic E-state index is 12.3. The lowest BCUT2D eigenvalue weighted by Gasteiger charge is -2.10. The summed E-state index contributed by atoms with van der Waals surface area (Å²) < 4.78 is 9.89. The molecule has 2 amide bonds. The highest BCUT2D eigenvalue weighted by Crippen LogP contribution is 2.20. The van der Waals surface area contributed by atoms with Crippen molar-refractivity contribution in [2.75, 3.05) is 14.2 Å². The second-order valence-electron chi connectivity index (χ2n) is 5.82. The first-order chi connectivity index (χ1) is 12.9. The lowest BCUT2D eigenvalue weighted by Crippen LogP contribution is -2.23. The van der Waals surface area contributed by atoms with Gasteiger partial charge in [0, 0.05) is 25.6 Å². The molecule has 27 heavy (non-hydrogen) atoms. The van der Waals surface area contributed by atoms with E-state index in [9.17, 15) is 14.4 Å². The lowest BCUT2D eigenvalue weighted by molar-refractivity contribution is -0.119. The fourth-order valence-electron chi connectivity index (χ4n) is 2.42. The third-order valence-corrected chi connectivity index (χ3v) is 3.88. The van der Waals surface area contributed by atoms with E-state index in [1.807, 2.05) is 0 Å². The van der Waals surface area contributed by atoms with E-state index >= 15 is 0 Å². The maximum Gasteiger partial charge on any atom is 0.341 e. The Hall–Kier alpha value is -3.35. The second kappa shape index (κ2) is 9.38. The molecule has 0 aliphatic rings. The zero-order valence-corrected chi connectivity index (χ0v) is 15.5. The monoisotopic (exact) mass is 370 g/mol. The van der Waals surface area contributed by atoms with E-state index in [4.69, 9.17) is 9.47 Å². The van der Waals surface area contributed by atoms with Gasteiger partial charge < -0.3 is 20.1 Å². The van der Waals surface area contributed by atoms with Crippen LogP contribution in [0.25, 0.3) is 0 Å². The summed E-state index contributed by atoms with van der Waals surface area (Å²) in [7, 11) is 2.77. The molecule has 0 spiro atoms. The summed E-state index contributed by atoms with van der Waals surface area (Å²) in [6, 6.07) is 12.0. The van der Waals surface area contributed by atoms with Crippen molar-refractivity contribution in [2.45, 2.75) is 20.0 Å². The Morgan fingerprint density at radius 3 is 2.11 bits per heavy atom. The third kappa shape index (κ3) is 5.57. The molecule has 0 atom stereocenters. The van der Waals surface area contributed by atoms with Gasteiger partial charge in [-0.1, -0.05) is 18.2 Å². The molecule has 7 heteroatoms. The number of nitrogens with one attached hydrogen (secondary N) is 2. The molecule has 142 valence electrons. The zero-order chi connectivity index (χ0) is 19.8. The number of rotatable bonds is 7. The minimum Gasteiger partial charge on any atom is -0.496 e. The molecular formula is C20H22N2O5. The third-order valence-electron chi connectivity index (χ3n) is 3.88. The van der Waals surface area contributed by atoms with Crippen LogP contribution in [-0.2, 0) is 22.6 Å². The fourth-order valence-corrected chi connectivity index (χ4v) is 2.42. The second-order valence-corrected chi connectivity index (χ2v) is 5.82. The molecule has 0 aliphatic carbocycles. The molecule has 0 unspecified atom stereocenters. The van der Waals surface area contributed by atoms with Crippen LogP contribution in [0.3, 0.4) is 0 Å². The van der Waals surface area contributed by atoms with Crippen molar-refractivity contribution in [1.82, 2.24) is 10.6 Å². The summed E-state index contributed by atoms with van der Waals surface area (Å²) in [5.74, 6) is -0.444. The van der Waals surface area contributed by atoms with Crippen molar-refractivity contribution in [1.29, 1.82) is 0 Å². The smallest absolute Gasteiger partial charge is 0.341 e. The van der Waals surface area contributed by atoms with Gasteiger partial charge in [-0.05, 0) is 35.4 Å². The van der Waals surface area contributed by atoms with E-state index in [1.54, 1.807) is 42.5 Å². The Morgan fingerprint density at radius 1 is 0.889 bits per heavy atom. The van der Waals surface area contributed by atoms with Crippen molar-refractivity contribution < 1.29 is 23.9 Å². The first-order valence-electron chi connectivity index (χ1n) is 8.31. The highest BCUT2D eigenvalue weighted by atomic mass is 16.5. The van der Waals surface area contributed by atoms with E-state index in [1.165, 1.54) is 21.1 Å². The zero-order valence-electron chi connectivity index (χ0n) is 15.5. The van der Waals surface area contributed by atoms with Crippen LogP contribution in [0.1, 0.15) is 38.8 Å². The Labute approximate surface area is 157 Å². The van der Waals surface area contributed by atoms with Crippen molar-refractivity contribution >= 4 is 17.8 Å². The van der Waals surface area contributed by atoms with Gasteiger partial charge in [0.1, 0.15) is 11.3 Å². The van der Waals surface area contributed by atoms with Crippen LogP contribution in [-0.4, -0.2) is 32.0 Å². The van der Waals surface area contributed by atoms with E-state index in [0.717, 1.165) is 11.1 Å². The summed E-state index contributed by atoms with van der Waals surface area (Å²) >= 11 is 0. The summed E-state index contributed by atoms with van der Waals surface area (Å²) in [4.78, 5) is 35.0. The van der Waals surface area contributed by atoms with Crippen LogP contribution in [0, 0.1) is 0 Å². The predicted molar refractivity (Wildman–Crippen MR) is 99.5 cm³/mol. The summed E-state index contributed by atoms with van der Waals surface area (Å²) in [5, 5.41) is 5.50. The molecule has 0 radical (unpaired) electrons. The number of carbonyl (C=O) groups is 3. The Kier molecular flexibility index (Phi) is 6.93. The van der Waals surface area contributed by atoms with Crippen molar-refractivity contribution in [2.24, 2.45) is 0 Å². The fraction of sp³-hybridized carbons (Fsp3) is 0.250. The molecule has 0 aliphatic heterocycles. The van der Waals surface area contributed by atoms with Gasteiger partial charge in [0.25, 0.3) is 5.91 Å². The molecular weight excluding hydrogens is 348 g/mol. The summed E-state index contributed by atoms with van der Waals surface area (Å²) in [6.45, 7) is 2.12. The standard InChI is InChI=1S/C20H22N2O5/c1-13(23)21-11-14-4-7-16(8-5-14)19(24)22-12-15-6-9-18(26-2)17(10-15)20(25)27-3/h4-10H,11-12H2,1-3H3,(H,21,23)(H,22,24). The average Bonchev–Trinajstić information content (AvgIpc) is 2.69. The van der Waals surface area contributed by atoms with Gasteiger partial charge in [-0.3, -0.25) is 9.59 Å². The molecule has 0 bridgehead atoms. The number of esters is 1. The van der Waals surface area contributed by atoms with Gasteiger partial charge >= 0.3 is 5.97 Å². The van der Waals surface area contributed by atoms with Crippen LogP contribution in [0.4, 0.5) is 0 Å². The molecule has 2 N–H and O–H groups in total. The minimum atomic E-state index is -0.505. The average molecular weight is 370 g/mol. The minimum absolute atomic E-state index is 0.109. The Balaban J connectivity index is 2.00. The van der Waals surface area contributed by atoms with Gasteiger partial charge in [-0.15, -0.1) is 0 Å². The highest BCUT2D eigenvalue weighted by molar-refractivity contribution is 5.94. The van der Waals surface area contributed by atoms with E-state index in [2.05, 4.69) is 10.6 Å². The van der Waals surface area contributed by atoms with Crippen molar-refractivity contribution in [3.05, 3.63) is 64.7 Å². The number of ether oxygens (including phenoxy) is 2. The number of benzene rings is 2. The number of carbonyl (C=O) groups excluding carboxylic acids is 3. The first kappa shape index (κ1) is 20.0. The summed E-state index contributed by atoms with van der Waals surface area (Å²) in [6.07, 6.45) is 0. The SMILES string of the molecule is COC(=O)c1cc(CNC(=O)c2ccc(CNC(C)=O)cc2)ccc1OC. The van der Waals surface area contributed by atoms with E-state index in [-0.39, 0.29) is 18.4 Å². The number of amides is 2. The lowest BCUT2D eigenvalue weighted by atomic mass is 10.1. The van der Waals surface area contributed by atoms with Crippen LogP contribution in [0.2, 0.25) is 0 Å². The van der Waals surface area contributed by atoms with Crippen LogP contribution < -0.4 is 15.4 Å². The maximum atomic E-state index is 12.3.